The molecule has 1 aromatic heterocycles. The van der Waals surface area contributed by atoms with E-state index < -0.39 is 0 Å². The van der Waals surface area contributed by atoms with E-state index in [9.17, 15) is 0 Å². The van der Waals surface area contributed by atoms with Crippen molar-refractivity contribution in [2.75, 3.05) is 11.9 Å². The SMILES string of the molecule is CCC(N)CCNc1ccncc1Br. The summed E-state index contributed by atoms with van der Waals surface area (Å²) in [5.41, 5.74) is 6.88. The number of nitrogens with zero attached hydrogens (tertiary/aromatic N) is 1. The van der Waals surface area contributed by atoms with Crippen LogP contribution >= 0.6 is 15.9 Å². The second-order valence-corrected chi connectivity index (χ2v) is 4.09. The van der Waals surface area contributed by atoms with Crippen molar-refractivity contribution in [2.24, 2.45) is 5.73 Å². The van der Waals surface area contributed by atoms with Crippen LogP contribution in [0.1, 0.15) is 19.8 Å². The maximum absolute atomic E-state index is 5.81. The Morgan fingerprint density at radius 1 is 1.64 bits per heavy atom. The molecule has 0 fully saturated rings. The van der Waals surface area contributed by atoms with Crippen LogP contribution in [0.3, 0.4) is 0 Å². The van der Waals surface area contributed by atoms with E-state index in [2.05, 4.69) is 33.2 Å². The van der Waals surface area contributed by atoms with E-state index in [0.29, 0.717) is 6.04 Å². The Bertz CT molecular complexity index is 278. The molecule has 4 heteroatoms. The minimum Gasteiger partial charge on any atom is -0.384 e. The summed E-state index contributed by atoms with van der Waals surface area (Å²) in [6, 6.07) is 2.24. The van der Waals surface area contributed by atoms with Gasteiger partial charge in [0.1, 0.15) is 0 Å². The molecule has 0 spiro atoms. The lowest BCUT2D eigenvalue weighted by atomic mass is 10.2. The number of aromatic nitrogens is 1. The molecule has 0 saturated heterocycles. The zero-order valence-electron chi connectivity index (χ0n) is 8.33. The highest BCUT2D eigenvalue weighted by Gasteiger charge is 2.00. The fraction of sp³-hybridized carbons (Fsp3) is 0.500. The number of hydrogen-bond acceptors (Lipinski definition) is 3. The maximum Gasteiger partial charge on any atom is 0.0590 e. The van der Waals surface area contributed by atoms with E-state index in [4.69, 9.17) is 5.73 Å². The van der Waals surface area contributed by atoms with Crippen molar-refractivity contribution in [3.05, 3.63) is 22.9 Å². The fourth-order valence-electron chi connectivity index (χ4n) is 1.11. The highest BCUT2D eigenvalue weighted by atomic mass is 79.9. The summed E-state index contributed by atoms with van der Waals surface area (Å²) in [6.45, 7) is 3.00. The molecule has 78 valence electrons. The van der Waals surface area contributed by atoms with Crippen LogP contribution in [0.2, 0.25) is 0 Å². The zero-order chi connectivity index (χ0) is 10.4. The van der Waals surface area contributed by atoms with E-state index in [1.165, 1.54) is 0 Å². The predicted molar refractivity (Wildman–Crippen MR) is 63.3 cm³/mol. The Hall–Kier alpha value is -0.610. The zero-order valence-corrected chi connectivity index (χ0v) is 9.92. The van der Waals surface area contributed by atoms with E-state index in [1.54, 1.807) is 12.4 Å². The monoisotopic (exact) mass is 257 g/mol. The summed E-state index contributed by atoms with van der Waals surface area (Å²) >= 11 is 3.42. The Kier molecular flexibility index (Phi) is 4.90. The minimum absolute atomic E-state index is 0.295. The Balaban J connectivity index is 2.35. The Morgan fingerprint density at radius 3 is 3.07 bits per heavy atom. The summed E-state index contributed by atoms with van der Waals surface area (Å²) < 4.78 is 0.991. The number of pyridine rings is 1. The number of nitrogens with two attached hydrogens (primary N) is 1. The van der Waals surface area contributed by atoms with Gasteiger partial charge in [0.05, 0.1) is 10.2 Å². The molecule has 0 aliphatic carbocycles. The third kappa shape index (κ3) is 3.64. The predicted octanol–water partition coefficient (Wildman–Crippen LogP) is 2.38. The van der Waals surface area contributed by atoms with E-state index in [0.717, 1.165) is 29.5 Å². The smallest absolute Gasteiger partial charge is 0.0590 e. The van der Waals surface area contributed by atoms with Crippen molar-refractivity contribution in [3.8, 4) is 0 Å². The van der Waals surface area contributed by atoms with E-state index >= 15 is 0 Å². The van der Waals surface area contributed by atoms with Gasteiger partial charge in [-0.1, -0.05) is 6.92 Å². The van der Waals surface area contributed by atoms with Gasteiger partial charge in [0, 0.05) is 25.0 Å². The molecule has 3 N–H and O–H groups in total. The first-order valence-electron chi connectivity index (χ1n) is 4.83. The first-order chi connectivity index (χ1) is 6.74. The van der Waals surface area contributed by atoms with Gasteiger partial charge in [0.2, 0.25) is 0 Å². The molecular weight excluding hydrogens is 242 g/mol. The van der Waals surface area contributed by atoms with Crippen molar-refractivity contribution in [2.45, 2.75) is 25.8 Å². The molecule has 14 heavy (non-hydrogen) atoms. The van der Waals surface area contributed by atoms with E-state index in [1.807, 2.05) is 6.07 Å². The first kappa shape index (κ1) is 11.5. The lowest BCUT2D eigenvalue weighted by Crippen LogP contribution is -2.22. The van der Waals surface area contributed by atoms with Crippen molar-refractivity contribution >= 4 is 21.6 Å². The molecule has 1 aromatic rings. The molecule has 3 nitrogen and oxygen atoms in total. The maximum atomic E-state index is 5.81. The fourth-order valence-corrected chi connectivity index (χ4v) is 1.51. The molecule has 1 atom stereocenters. The summed E-state index contributed by atoms with van der Waals surface area (Å²) in [5, 5.41) is 3.31. The Morgan fingerprint density at radius 2 is 2.43 bits per heavy atom. The van der Waals surface area contributed by atoms with Gasteiger partial charge in [-0.2, -0.15) is 0 Å². The van der Waals surface area contributed by atoms with Crippen molar-refractivity contribution in [1.29, 1.82) is 0 Å². The third-order valence-electron chi connectivity index (χ3n) is 2.13. The van der Waals surface area contributed by atoms with Gasteiger partial charge >= 0.3 is 0 Å². The first-order valence-corrected chi connectivity index (χ1v) is 5.62. The molecule has 0 radical (unpaired) electrons. The van der Waals surface area contributed by atoms with Crippen LogP contribution in [0.25, 0.3) is 0 Å². The Labute approximate surface area is 93.2 Å². The number of halogens is 1. The van der Waals surface area contributed by atoms with Gasteiger partial charge in [0.15, 0.2) is 0 Å². The molecule has 1 unspecified atom stereocenters. The summed E-state index contributed by atoms with van der Waals surface area (Å²) in [4.78, 5) is 3.99. The van der Waals surface area contributed by atoms with Crippen LogP contribution in [0, 0.1) is 0 Å². The van der Waals surface area contributed by atoms with Crippen LogP contribution in [0.15, 0.2) is 22.9 Å². The van der Waals surface area contributed by atoms with Gasteiger partial charge in [0.25, 0.3) is 0 Å². The van der Waals surface area contributed by atoms with E-state index in [-0.39, 0.29) is 0 Å². The largest absolute Gasteiger partial charge is 0.384 e. The van der Waals surface area contributed by atoms with Crippen molar-refractivity contribution in [3.63, 3.8) is 0 Å². The topological polar surface area (TPSA) is 50.9 Å². The van der Waals surface area contributed by atoms with Gasteiger partial charge in [-0.15, -0.1) is 0 Å². The van der Waals surface area contributed by atoms with Crippen LogP contribution in [-0.4, -0.2) is 17.6 Å². The molecule has 0 aliphatic heterocycles. The molecule has 1 heterocycles. The third-order valence-corrected chi connectivity index (χ3v) is 2.76. The summed E-state index contributed by atoms with van der Waals surface area (Å²) in [5.74, 6) is 0. The second-order valence-electron chi connectivity index (χ2n) is 3.24. The van der Waals surface area contributed by atoms with Gasteiger partial charge in [-0.05, 0) is 34.8 Å². The number of anilines is 1. The van der Waals surface area contributed by atoms with Gasteiger partial charge in [-0.25, -0.2) is 0 Å². The summed E-state index contributed by atoms with van der Waals surface area (Å²) in [7, 11) is 0. The van der Waals surface area contributed by atoms with Crippen LogP contribution in [0.5, 0.6) is 0 Å². The minimum atomic E-state index is 0.295. The molecule has 0 bridgehead atoms. The highest BCUT2D eigenvalue weighted by Crippen LogP contribution is 2.19. The van der Waals surface area contributed by atoms with Crippen molar-refractivity contribution < 1.29 is 0 Å². The molecule has 0 aliphatic rings. The average Bonchev–Trinajstić information content (AvgIpc) is 2.20. The summed E-state index contributed by atoms with van der Waals surface area (Å²) in [6.07, 6.45) is 5.57. The number of hydrogen-bond donors (Lipinski definition) is 2. The molecule has 0 amide bonds. The van der Waals surface area contributed by atoms with Crippen molar-refractivity contribution in [1.82, 2.24) is 4.98 Å². The lowest BCUT2D eigenvalue weighted by molar-refractivity contribution is 0.613. The number of rotatable bonds is 5. The standard InChI is InChI=1S/C10H16BrN3/c1-2-8(12)3-6-14-10-4-5-13-7-9(10)11/h4-5,7-8H,2-3,6,12H2,1H3,(H,13,14). The van der Waals surface area contributed by atoms with Gasteiger partial charge < -0.3 is 11.1 Å². The molecular formula is C10H16BrN3. The lowest BCUT2D eigenvalue weighted by Gasteiger charge is -2.11. The molecule has 0 saturated carbocycles. The second kappa shape index (κ2) is 5.98. The quantitative estimate of drug-likeness (QED) is 0.852. The molecule has 1 rings (SSSR count). The normalized spacial score (nSPS) is 12.5. The number of nitrogens with one attached hydrogen (secondary N) is 1. The average molecular weight is 258 g/mol. The van der Waals surface area contributed by atoms with Crippen LogP contribution in [0.4, 0.5) is 5.69 Å². The highest BCUT2D eigenvalue weighted by molar-refractivity contribution is 9.10. The molecule has 0 aromatic carbocycles. The van der Waals surface area contributed by atoms with Crippen LogP contribution < -0.4 is 11.1 Å². The van der Waals surface area contributed by atoms with Crippen LogP contribution in [-0.2, 0) is 0 Å². The van der Waals surface area contributed by atoms with Gasteiger partial charge in [-0.3, -0.25) is 4.98 Å².